The fraction of sp³-hybridized carbons (Fsp3) is 0.278. The Morgan fingerprint density at radius 3 is 0.565 bits per heavy atom. The van der Waals surface area contributed by atoms with Gasteiger partial charge in [-0.15, -0.1) is 0 Å². The van der Waals surface area contributed by atoms with Gasteiger partial charge in [0.05, 0.1) is 49.2 Å². The van der Waals surface area contributed by atoms with Gasteiger partial charge in [0.1, 0.15) is 0 Å². The van der Waals surface area contributed by atoms with Gasteiger partial charge < -0.3 is 28.9 Å². The minimum Gasteiger partial charge on any atom is -0.354 e. The molecular formula is C72H50Br4F24N4O4. The van der Waals surface area contributed by atoms with Gasteiger partial charge in [-0.2, -0.15) is 105 Å². The molecule has 8 nitrogen and oxygen atoms in total. The monoisotopic (exact) mass is 1810 g/mol. The van der Waals surface area contributed by atoms with Crippen molar-refractivity contribution >= 4 is 110 Å². The Labute approximate surface area is 629 Å². The molecule has 8 bridgehead atoms. The Morgan fingerprint density at radius 1 is 0.250 bits per heavy atom. The summed E-state index contributed by atoms with van der Waals surface area (Å²) < 4.78 is 382. The van der Waals surface area contributed by atoms with Crippen LogP contribution in [0.15, 0.2) is 170 Å². The first kappa shape index (κ1) is 84.5. The van der Waals surface area contributed by atoms with Crippen LogP contribution in [0.4, 0.5) is 105 Å². The van der Waals surface area contributed by atoms with Crippen molar-refractivity contribution in [2.24, 2.45) is 0 Å². The van der Waals surface area contributed by atoms with E-state index in [-0.39, 0.29) is 111 Å². The second-order valence-electron chi connectivity index (χ2n) is 23.3. The van der Waals surface area contributed by atoms with E-state index in [1.165, 1.54) is 48.6 Å². The van der Waals surface area contributed by atoms with E-state index in [0.717, 1.165) is 97.1 Å². The van der Waals surface area contributed by atoms with Crippen LogP contribution in [-0.4, -0.2) is 117 Å². The molecular weight excluding hydrogens is 1760 g/mol. The van der Waals surface area contributed by atoms with E-state index in [1.54, 1.807) is 0 Å². The van der Waals surface area contributed by atoms with Gasteiger partial charge in [-0.1, -0.05) is 209 Å². The molecule has 9 rings (SSSR count). The van der Waals surface area contributed by atoms with Gasteiger partial charge in [0, 0.05) is 87.9 Å². The number of hydrogen-bond donors (Lipinski definition) is 2. The zero-order valence-corrected chi connectivity index (χ0v) is 60.6. The topological polar surface area (TPSA) is 94.3 Å². The van der Waals surface area contributed by atoms with E-state index in [0.29, 0.717) is 48.5 Å². The molecule has 5 heterocycles. The highest BCUT2D eigenvalue weighted by Crippen LogP contribution is 2.58. The number of fused-ring (bicyclic) bond motifs is 8. The molecule has 2 N–H and O–H groups in total. The van der Waals surface area contributed by atoms with Crippen molar-refractivity contribution in [3.63, 3.8) is 0 Å². The fourth-order valence-electron chi connectivity index (χ4n) is 12.1. The maximum atomic E-state index is 15.2. The lowest BCUT2D eigenvalue weighted by molar-refractivity contribution is -0.388. The lowest BCUT2D eigenvalue weighted by Crippen LogP contribution is -2.56. The van der Waals surface area contributed by atoms with Crippen molar-refractivity contribution in [2.75, 3.05) is 47.7 Å². The molecule has 36 heteroatoms. The van der Waals surface area contributed by atoms with Crippen molar-refractivity contribution in [3.8, 4) is 44.5 Å². The zero-order chi connectivity index (χ0) is 79.5. The summed E-state index contributed by atoms with van der Waals surface area (Å²) in [6, 6.07) is 14.6. The normalized spacial score (nSPS) is 14.3. The van der Waals surface area contributed by atoms with Crippen LogP contribution >= 0.6 is 63.7 Å². The number of alkyl halides is 28. The van der Waals surface area contributed by atoms with Crippen LogP contribution in [0.2, 0.25) is 0 Å². The zero-order valence-electron chi connectivity index (χ0n) is 54.2. The van der Waals surface area contributed by atoms with E-state index in [9.17, 15) is 0 Å². The summed E-state index contributed by atoms with van der Waals surface area (Å²) in [5.74, 6) is 0. The molecule has 578 valence electrons. The predicted molar refractivity (Wildman–Crippen MR) is 371 cm³/mol. The lowest BCUT2D eigenvalue weighted by Gasteiger charge is -2.37. The van der Waals surface area contributed by atoms with Crippen LogP contribution in [0.1, 0.15) is 45.0 Å². The van der Waals surface area contributed by atoms with Crippen LogP contribution in [0.25, 0.3) is 90.9 Å². The van der Waals surface area contributed by atoms with Crippen LogP contribution in [-0.2, 0) is 41.4 Å². The third kappa shape index (κ3) is 16.2. The number of rotatable bonds is 24. The number of ether oxygens (including phenoxy) is 4. The minimum atomic E-state index is -6.22. The van der Waals surface area contributed by atoms with Gasteiger partial charge in [0.2, 0.25) is 0 Å². The molecule has 7 aromatic rings. The van der Waals surface area contributed by atoms with Crippen LogP contribution in [0, 0.1) is 0 Å². The Bertz CT molecular complexity index is 4060. The highest BCUT2D eigenvalue weighted by atomic mass is 79.9. The fourth-order valence-corrected chi connectivity index (χ4v) is 13.1. The summed E-state index contributed by atoms with van der Waals surface area (Å²) in [6.45, 7) is -4.95. The molecule has 3 aromatic heterocycles. The second-order valence-corrected chi connectivity index (χ2v) is 25.9. The van der Waals surface area contributed by atoms with Gasteiger partial charge in [-0.05, 0) is 70.8 Å². The molecule has 0 radical (unpaired) electrons. The number of allylic oxidation sites excluding steroid dienone is 4. The first-order chi connectivity index (χ1) is 50.5. The maximum Gasteiger partial charge on any atom is 0.430 e. The van der Waals surface area contributed by atoms with E-state index in [2.05, 4.69) is 92.6 Å². The highest BCUT2D eigenvalue weighted by molar-refractivity contribution is 9.09. The number of H-pyrrole nitrogens is 2. The SMILES string of the molecule is FC(F)(F)C(OCC=CCBr)(c1ccc(-c2c3nc(c(-c4ccc(C(OCC=CCBr)(C(F)(F)F)C(F)(F)F)cc4)c4ccc([nH]4)c(-c4ccc(C(OCC=CCBr)(C(F)(F)F)C(F)(F)F)cc4)c4nc(c(-c5ccc(C(OCC=CCBr)(C(F)(F)F)C(F)(F)F)cc5)c5ccc2[nH]5)C=C4)C=C3)cc1)C(F)(F)F. The molecule has 0 fully saturated rings. The van der Waals surface area contributed by atoms with Gasteiger partial charge in [-0.25, -0.2) is 9.97 Å². The molecule has 0 spiro atoms. The quantitative estimate of drug-likeness (QED) is 0.0356. The third-order valence-corrected chi connectivity index (χ3v) is 18.4. The standard InChI is InChI=1S/C72H50Br4F24N4O4/c73-33-1-5-37-105-61(65(77,78)79,66(80,81)82)45-17-9-41(10-18-45)57-49-25-27-51(101-49)58(42-11-19-46(20-12-42)62(67(83,84)85,68(86,87)88)106-38-6-2-34-74)53-29-31-55(103-53)60(44-15-23-48(24-16-44)64(71(95,96)97,72(98,99)100)108-40-8-4-36-76)56-32-30-54(104-56)59(52-28-26-50(57)102-52)43-13-21-47(22-14-43)63(69(89,90)91,70(92,93)94)107-39-7-3-35-75/h1-32,101,104H,33-40H2. The first-order valence-corrected chi connectivity index (χ1v) is 35.5. The van der Waals surface area contributed by atoms with E-state index < -0.39 is 120 Å². The Morgan fingerprint density at radius 2 is 0.417 bits per heavy atom. The first-order valence-electron chi connectivity index (χ1n) is 31.0. The maximum absolute atomic E-state index is 15.2. The molecule has 0 saturated heterocycles. The summed E-state index contributed by atoms with van der Waals surface area (Å²) in [4.78, 5) is 15.6. The number of nitrogens with one attached hydrogen (secondary N) is 2. The number of benzene rings is 4. The summed E-state index contributed by atoms with van der Waals surface area (Å²) in [6.07, 6.45) is -36.9. The molecule has 108 heavy (non-hydrogen) atoms. The summed E-state index contributed by atoms with van der Waals surface area (Å²) in [7, 11) is 0. The molecule has 2 aliphatic heterocycles. The molecule has 0 amide bonds. The van der Waals surface area contributed by atoms with Gasteiger partial charge >= 0.3 is 49.4 Å². The third-order valence-electron chi connectivity index (χ3n) is 16.9. The summed E-state index contributed by atoms with van der Waals surface area (Å²) in [5, 5.41) is -0.0231. The van der Waals surface area contributed by atoms with Crippen molar-refractivity contribution < 1.29 is 124 Å². The average Bonchev–Trinajstić information content (AvgIpc) is 0.768. The van der Waals surface area contributed by atoms with Crippen molar-refractivity contribution in [1.29, 1.82) is 0 Å². The van der Waals surface area contributed by atoms with E-state index in [1.807, 2.05) is 0 Å². The number of halogens is 28. The van der Waals surface area contributed by atoms with Gasteiger partial charge in [0.25, 0.3) is 22.4 Å². The van der Waals surface area contributed by atoms with E-state index in [4.69, 9.17) is 9.97 Å². The molecule has 0 aliphatic carbocycles. The number of aromatic amines is 2. The smallest absolute Gasteiger partial charge is 0.354 e. The van der Waals surface area contributed by atoms with Crippen molar-refractivity contribution in [2.45, 2.75) is 71.8 Å². The van der Waals surface area contributed by atoms with Crippen LogP contribution in [0.5, 0.6) is 0 Å². The molecule has 0 unspecified atom stereocenters. The number of hydrogen-bond acceptors (Lipinski definition) is 6. The molecule has 4 aromatic carbocycles. The average molecular weight is 1810 g/mol. The molecule has 2 aliphatic rings. The van der Waals surface area contributed by atoms with E-state index >= 15 is 105 Å². The molecule has 0 atom stereocenters. The Kier molecular flexibility index (Phi) is 25.4. The summed E-state index contributed by atoms with van der Waals surface area (Å²) >= 11 is 11.9. The van der Waals surface area contributed by atoms with Crippen molar-refractivity contribution in [1.82, 2.24) is 19.9 Å². The number of aromatic nitrogens is 4. The number of nitrogens with zero attached hydrogens (tertiary/aromatic N) is 2. The highest BCUT2D eigenvalue weighted by Gasteiger charge is 2.76. The predicted octanol–water partition coefficient (Wildman–Crippen LogP) is 24.5. The van der Waals surface area contributed by atoms with Crippen LogP contribution in [0.3, 0.4) is 0 Å². The molecule has 0 saturated carbocycles. The van der Waals surface area contributed by atoms with Crippen LogP contribution < -0.4 is 0 Å². The Balaban J connectivity index is 1.44. The largest absolute Gasteiger partial charge is 0.430 e. The minimum absolute atomic E-state index is 0.00579. The summed E-state index contributed by atoms with van der Waals surface area (Å²) in [5.41, 5.74) is -30.2. The Hall–Kier alpha value is -7.48. The second kappa shape index (κ2) is 32.5. The lowest BCUT2D eigenvalue weighted by atomic mass is 9.90. The van der Waals surface area contributed by atoms with Crippen molar-refractivity contribution in [3.05, 3.63) is 215 Å². The van der Waals surface area contributed by atoms with Gasteiger partial charge in [0.15, 0.2) is 0 Å². The van der Waals surface area contributed by atoms with Gasteiger partial charge in [-0.3, -0.25) is 0 Å².